The Kier molecular flexibility index (Phi) is 6.92. The highest BCUT2D eigenvalue weighted by Gasteiger charge is 2.14. The Morgan fingerprint density at radius 3 is 2.58 bits per heavy atom. The van der Waals surface area contributed by atoms with Gasteiger partial charge in [0.05, 0.1) is 5.56 Å². The number of rotatable bonds is 8. The summed E-state index contributed by atoms with van der Waals surface area (Å²) in [6, 6.07) is 22.6. The van der Waals surface area contributed by atoms with Crippen LogP contribution in [0.2, 0.25) is 0 Å². The van der Waals surface area contributed by atoms with E-state index in [1.807, 2.05) is 30.3 Å². The number of carbonyl (C=O) groups excluding carboxylic acids is 1. The molecule has 1 atom stereocenters. The van der Waals surface area contributed by atoms with Gasteiger partial charge in [0.2, 0.25) is 0 Å². The Labute approximate surface area is 163 Å². The fraction of sp³-hybridized carbons (Fsp3) is 0.227. The third-order valence-electron chi connectivity index (χ3n) is 4.17. The lowest BCUT2D eigenvalue weighted by atomic mass is 10.1. The SMILES string of the molecule is CC(CCc1ccccc1)NC(=O)c1ccccc1SCc1cccs1. The van der Waals surface area contributed by atoms with Gasteiger partial charge in [-0.3, -0.25) is 4.79 Å². The average molecular weight is 382 g/mol. The number of hydrogen-bond acceptors (Lipinski definition) is 3. The van der Waals surface area contributed by atoms with Crippen LogP contribution in [-0.2, 0) is 12.2 Å². The van der Waals surface area contributed by atoms with Crippen LogP contribution >= 0.6 is 23.1 Å². The predicted octanol–water partition coefficient (Wildman–Crippen LogP) is 5.79. The van der Waals surface area contributed by atoms with Crippen molar-refractivity contribution in [1.82, 2.24) is 5.32 Å². The molecule has 1 heterocycles. The second-order valence-corrected chi connectivity index (χ2v) is 8.31. The summed E-state index contributed by atoms with van der Waals surface area (Å²) in [5.41, 5.74) is 2.07. The van der Waals surface area contributed by atoms with Crippen molar-refractivity contribution in [3.8, 4) is 0 Å². The topological polar surface area (TPSA) is 29.1 Å². The first-order chi connectivity index (χ1) is 12.7. The third kappa shape index (κ3) is 5.48. The van der Waals surface area contributed by atoms with Crippen LogP contribution in [0.15, 0.2) is 77.0 Å². The molecule has 1 aromatic heterocycles. The summed E-state index contributed by atoms with van der Waals surface area (Å²) < 4.78 is 0. The Bertz CT molecular complexity index is 815. The largest absolute Gasteiger partial charge is 0.350 e. The van der Waals surface area contributed by atoms with Gasteiger partial charge in [0.15, 0.2) is 0 Å². The van der Waals surface area contributed by atoms with Crippen molar-refractivity contribution >= 4 is 29.0 Å². The van der Waals surface area contributed by atoms with Crippen LogP contribution in [0, 0.1) is 0 Å². The lowest BCUT2D eigenvalue weighted by molar-refractivity contribution is 0.0935. The fourth-order valence-electron chi connectivity index (χ4n) is 2.73. The van der Waals surface area contributed by atoms with Gasteiger partial charge in [0.1, 0.15) is 0 Å². The van der Waals surface area contributed by atoms with Crippen LogP contribution < -0.4 is 5.32 Å². The Hall–Kier alpha value is -2.04. The van der Waals surface area contributed by atoms with Gasteiger partial charge in [0, 0.05) is 21.6 Å². The maximum atomic E-state index is 12.7. The summed E-state index contributed by atoms with van der Waals surface area (Å²) in [5, 5.41) is 5.24. The zero-order chi connectivity index (χ0) is 18.2. The van der Waals surface area contributed by atoms with E-state index in [-0.39, 0.29) is 11.9 Å². The predicted molar refractivity (Wildman–Crippen MR) is 112 cm³/mol. The summed E-state index contributed by atoms with van der Waals surface area (Å²) in [5.74, 6) is 0.908. The lowest BCUT2D eigenvalue weighted by Gasteiger charge is -2.15. The quantitative estimate of drug-likeness (QED) is 0.500. The molecule has 3 aromatic rings. The Morgan fingerprint density at radius 1 is 1.04 bits per heavy atom. The van der Waals surface area contributed by atoms with Crippen LogP contribution in [0.25, 0.3) is 0 Å². The highest BCUT2D eigenvalue weighted by Crippen LogP contribution is 2.28. The van der Waals surface area contributed by atoms with Crippen molar-refractivity contribution in [2.75, 3.05) is 0 Å². The molecule has 2 nitrogen and oxygen atoms in total. The van der Waals surface area contributed by atoms with Gasteiger partial charge in [-0.25, -0.2) is 0 Å². The molecular weight excluding hydrogens is 358 g/mol. The molecule has 0 fully saturated rings. The number of amides is 1. The van der Waals surface area contributed by atoms with Crippen molar-refractivity contribution in [3.05, 3.63) is 88.1 Å². The molecule has 0 aliphatic rings. The zero-order valence-electron chi connectivity index (χ0n) is 14.9. The highest BCUT2D eigenvalue weighted by atomic mass is 32.2. The van der Waals surface area contributed by atoms with Gasteiger partial charge in [-0.1, -0.05) is 48.5 Å². The molecule has 2 aromatic carbocycles. The Morgan fingerprint density at radius 2 is 1.81 bits per heavy atom. The van der Waals surface area contributed by atoms with E-state index in [4.69, 9.17) is 0 Å². The average Bonchev–Trinajstić information content (AvgIpc) is 3.19. The summed E-state index contributed by atoms with van der Waals surface area (Å²) >= 11 is 3.47. The van der Waals surface area contributed by atoms with E-state index >= 15 is 0 Å². The lowest BCUT2D eigenvalue weighted by Crippen LogP contribution is -2.33. The van der Waals surface area contributed by atoms with Crippen LogP contribution in [0.3, 0.4) is 0 Å². The van der Waals surface area contributed by atoms with Gasteiger partial charge in [-0.15, -0.1) is 23.1 Å². The van der Waals surface area contributed by atoms with E-state index in [1.165, 1.54) is 10.4 Å². The van der Waals surface area contributed by atoms with Crippen molar-refractivity contribution in [1.29, 1.82) is 0 Å². The van der Waals surface area contributed by atoms with Gasteiger partial charge in [0.25, 0.3) is 5.91 Å². The van der Waals surface area contributed by atoms with Gasteiger partial charge < -0.3 is 5.32 Å². The molecule has 26 heavy (non-hydrogen) atoms. The van der Waals surface area contributed by atoms with E-state index in [1.54, 1.807) is 23.1 Å². The minimum atomic E-state index is 0.0137. The van der Waals surface area contributed by atoms with Crippen molar-refractivity contribution in [2.24, 2.45) is 0 Å². The molecule has 1 N–H and O–H groups in total. The molecule has 134 valence electrons. The first kappa shape index (κ1) is 18.7. The number of benzene rings is 2. The number of thioether (sulfide) groups is 1. The van der Waals surface area contributed by atoms with Gasteiger partial charge in [-0.2, -0.15) is 0 Å². The van der Waals surface area contributed by atoms with E-state index in [2.05, 4.69) is 54.0 Å². The summed E-state index contributed by atoms with van der Waals surface area (Å²) in [6.07, 6.45) is 1.90. The first-order valence-electron chi connectivity index (χ1n) is 8.81. The van der Waals surface area contributed by atoms with E-state index in [9.17, 15) is 4.79 Å². The monoisotopic (exact) mass is 381 g/mol. The molecule has 4 heteroatoms. The van der Waals surface area contributed by atoms with Crippen molar-refractivity contribution in [2.45, 2.75) is 36.5 Å². The van der Waals surface area contributed by atoms with Gasteiger partial charge >= 0.3 is 0 Å². The molecule has 0 aliphatic carbocycles. The number of hydrogen-bond donors (Lipinski definition) is 1. The van der Waals surface area contributed by atoms with E-state index in [0.29, 0.717) is 0 Å². The van der Waals surface area contributed by atoms with Crippen LogP contribution in [0.5, 0.6) is 0 Å². The van der Waals surface area contributed by atoms with Crippen molar-refractivity contribution in [3.63, 3.8) is 0 Å². The van der Waals surface area contributed by atoms with Crippen LogP contribution in [-0.4, -0.2) is 11.9 Å². The number of nitrogens with one attached hydrogen (secondary N) is 1. The van der Waals surface area contributed by atoms with Crippen LogP contribution in [0.4, 0.5) is 0 Å². The third-order valence-corrected chi connectivity index (χ3v) is 6.35. The standard InChI is InChI=1S/C22H23NOS2/c1-17(13-14-18-8-3-2-4-9-18)23-22(24)20-11-5-6-12-21(20)26-16-19-10-7-15-25-19/h2-12,15,17H,13-14,16H2,1H3,(H,23,24). The van der Waals surface area contributed by atoms with E-state index in [0.717, 1.165) is 29.1 Å². The molecule has 0 aliphatic heterocycles. The minimum Gasteiger partial charge on any atom is -0.350 e. The number of carbonyl (C=O) groups is 1. The molecule has 1 unspecified atom stereocenters. The van der Waals surface area contributed by atoms with Crippen LogP contribution in [0.1, 0.15) is 34.1 Å². The molecule has 1 amide bonds. The summed E-state index contributed by atoms with van der Waals surface area (Å²) in [7, 11) is 0. The number of aryl methyl sites for hydroxylation is 1. The fourth-order valence-corrected chi connectivity index (χ4v) is 4.55. The van der Waals surface area contributed by atoms with Crippen molar-refractivity contribution < 1.29 is 4.79 Å². The molecular formula is C22H23NOS2. The van der Waals surface area contributed by atoms with Gasteiger partial charge in [-0.05, 0) is 48.9 Å². The second-order valence-electron chi connectivity index (χ2n) is 6.26. The molecule has 0 spiro atoms. The molecule has 0 saturated heterocycles. The number of thiophene rings is 1. The maximum absolute atomic E-state index is 12.7. The molecule has 0 saturated carbocycles. The smallest absolute Gasteiger partial charge is 0.252 e. The highest BCUT2D eigenvalue weighted by molar-refractivity contribution is 7.98. The minimum absolute atomic E-state index is 0.0137. The molecule has 0 bridgehead atoms. The Balaban J connectivity index is 1.56. The molecule has 0 radical (unpaired) electrons. The first-order valence-corrected chi connectivity index (χ1v) is 10.7. The summed E-state index contributed by atoms with van der Waals surface area (Å²) in [4.78, 5) is 15.1. The normalized spacial score (nSPS) is 11.9. The summed E-state index contributed by atoms with van der Waals surface area (Å²) in [6.45, 7) is 2.07. The maximum Gasteiger partial charge on any atom is 0.252 e. The molecule has 3 rings (SSSR count). The second kappa shape index (κ2) is 9.60. The zero-order valence-corrected chi connectivity index (χ0v) is 16.5. The van der Waals surface area contributed by atoms with E-state index < -0.39 is 0 Å².